The van der Waals surface area contributed by atoms with Gasteiger partial charge in [-0.2, -0.15) is 13.5 Å². The van der Waals surface area contributed by atoms with Crippen molar-refractivity contribution < 1.29 is 9.18 Å². The molecule has 0 saturated heterocycles. The Balaban J connectivity index is 0.00000408. The van der Waals surface area contributed by atoms with Crippen molar-refractivity contribution in [2.75, 3.05) is 16.0 Å². The fourth-order valence-corrected chi connectivity index (χ4v) is 4.45. The molecule has 1 atom stereocenters. The third kappa shape index (κ3) is 5.86. The summed E-state index contributed by atoms with van der Waals surface area (Å²) in [7, 11) is 0. The summed E-state index contributed by atoms with van der Waals surface area (Å²) in [4.78, 5) is 15.4. The van der Waals surface area contributed by atoms with Gasteiger partial charge in [-0.05, 0) is 78.8 Å². The van der Waals surface area contributed by atoms with Crippen LogP contribution < -0.4 is 16.0 Å². The first-order valence-electron chi connectivity index (χ1n) is 11.3. The molecule has 0 fully saturated rings. The summed E-state index contributed by atoms with van der Waals surface area (Å²) < 4.78 is 13.5. The molecule has 3 aromatic carbocycles. The molecule has 0 aliphatic carbocycles. The molecular formula is C27H33ClFN3OS. The number of halogens is 2. The number of aryl methyl sites for hydroxylation is 1. The Morgan fingerprint density at radius 2 is 1.59 bits per heavy atom. The molecule has 34 heavy (non-hydrogen) atoms. The van der Waals surface area contributed by atoms with Crippen molar-refractivity contribution in [2.45, 2.75) is 53.0 Å². The monoisotopic (exact) mass is 501 g/mol. The van der Waals surface area contributed by atoms with Crippen LogP contribution in [0.15, 0.2) is 54.6 Å². The summed E-state index contributed by atoms with van der Waals surface area (Å²) >= 11 is 6.47. The van der Waals surface area contributed by atoms with Crippen molar-refractivity contribution in [2.24, 2.45) is 0 Å². The number of anilines is 3. The van der Waals surface area contributed by atoms with Crippen molar-refractivity contribution in [3.05, 3.63) is 87.7 Å². The van der Waals surface area contributed by atoms with Crippen molar-refractivity contribution in [3.63, 3.8) is 0 Å². The Labute approximate surface area is 213 Å². The number of carbonyl (C=O) groups is 1. The number of urea groups is 1. The minimum absolute atomic E-state index is 0. The Morgan fingerprint density at radius 3 is 2.12 bits per heavy atom. The Morgan fingerprint density at radius 1 is 1.00 bits per heavy atom. The molecule has 0 unspecified atom stereocenters. The van der Waals surface area contributed by atoms with E-state index in [0.29, 0.717) is 29.2 Å². The van der Waals surface area contributed by atoms with Gasteiger partial charge in [0.05, 0.1) is 11.7 Å². The SMILES string of the molecule is CCc1ccc(N(C(=O)Nc2c(CC)c(N)cc(Cl)c2CC)[C@@H](C)c2ccc(F)cc2)cc1.S. The number of nitrogens with two attached hydrogens (primary N) is 1. The number of carbonyl (C=O) groups excluding carboxylic acids is 1. The number of rotatable bonds is 7. The number of hydrogen-bond donors (Lipinski definition) is 2. The topological polar surface area (TPSA) is 58.4 Å². The molecule has 7 heteroatoms. The summed E-state index contributed by atoms with van der Waals surface area (Å²) in [6.45, 7) is 8.00. The predicted octanol–water partition coefficient (Wildman–Crippen LogP) is 7.66. The first kappa shape index (κ1) is 27.5. The van der Waals surface area contributed by atoms with Gasteiger partial charge in [0, 0.05) is 16.4 Å². The van der Waals surface area contributed by atoms with Crippen LogP contribution in [0, 0.1) is 5.82 Å². The fraction of sp³-hybridized carbons (Fsp3) is 0.296. The lowest BCUT2D eigenvalue weighted by molar-refractivity contribution is 0.255. The average Bonchev–Trinajstić information content (AvgIpc) is 2.80. The van der Waals surface area contributed by atoms with E-state index in [4.69, 9.17) is 17.3 Å². The van der Waals surface area contributed by atoms with Crippen LogP contribution >= 0.6 is 25.1 Å². The van der Waals surface area contributed by atoms with Gasteiger partial charge in [-0.25, -0.2) is 9.18 Å². The zero-order valence-corrected chi connectivity index (χ0v) is 21.8. The third-order valence-electron chi connectivity index (χ3n) is 6.04. The lowest BCUT2D eigenvalue weighted by Crippen LogP contribution is -2.37. The summed E-state index contributed by atoms with van der Waals surface area (Å²) in [5.74, 6) is -0.316. The number of nitrogens with zero attached hydrogens (tertiary/aromatic N) is 1. The molecule has 2 amide bonds. The van der Waals surface area contributed by atoms with E-state index in [-0.39, 0.29) is 31.4 Å². The number of amides is 2. The summed E-state index contributed by atoms with van der Waals surface area (Å²) in [6.07, 6.45) is 2.21. The predicted molar refractivity (Wildman–Crippen MR) is 147 cm³/mol. The van der Waals surface area contributed by atoms with E-state index in [1.807, 2.05) is 45.0 Å². The molecule has 0 aliphatic heterocycles. The van der Waals surface area contributed by atoms with E-state index in [2.05, 4.69) is 12.2 Å². The van der Waals surface area contributed by atoms with E-state index in [9.17, 15) is 9.18 Å². The minimum atomic E-state index is -0.343. The molecule has 182 valence electrons. The molecule has 4 nitrogen and oxygen atoms in total. The van der Waals surface area contributed by atoms with Crippen LogP contribution in [0.1, 0.15) is 56.0 Å². The molecule has 3 aromatic rings. The molecule has 0 aliphatic rings. The van der Waals surface area contributed by atoms with Gasteiger partial charge >= 0.3 is 6.03 Å². The maximum atomic E-state index is 13.8. The van der Waals surface area contributed by atoms with Gasteiger partial charge < -0.3 is 11.1 Å². The second kappa shape index (κ2) is 12.1. The van der Waals surface area contributed by atoms with Crippen molar-refractivity contribution in [3.8, 4) is 0 Å². The fourth-order valence-electron chi connectivity index (χ4n) is 4.10. The maximum absolute atomic E-state index is 13.8. The molecule has 0 saturated carbocycles. The summed E-state index contributed by atoms with van der Waals surface area (Å²) in [5.41, 5.74) is 11.9. The summed E-state index contributed by atoms with van der Waals surface area (Å²) in [5, 5.41) is 3.64. The average molecular weight is 502 g/mol. The number of nitrogens with one attached hydrogen (secondary N) is 1. The molecule has 3 N–H and O–H groups in total. The van der Waals surface area contributed by atoms with Crippen molar-refractivity contribution >= 4 is 48.2 Å². The highest BCUT2D eigenvalue weighted by molar-refractivity contribution is 7.59. The van der Waals surface area contributed by atoms with Gasteiger partial charge in [0.15, 0.2) is 0 Å². The highest BCUT2D eigenvalue weighted by Crippen LogP contribution is 2.35. The van der Waals surface area contributed by atoms with E-state index in [1.54, 1.807) is 23.1 Å². The smallest absolute Gasteiger partial charge is 0.326 e. The van der Waals surface area contributed by atoms with Gasteiger partial charge in [0.2, 0.25) is 0 Å². The Bertz CT molecular complexity index is 1090. The first-order valence-corrected chi connectivity index (χ1v) is 11.7. The van der Waals surface area contributed by atoms with Crippen LogP contribution in [-0.2, 0) is 19.3 Å². The highest BCUT2D eigenvalue weighted by atomic mass is 35.5. The lowest BCUT2D eigenvalue weighted by Gasteiger charge is -2.31. The van der Waals surface area contributed by atoms with Crippen molar-refractivity contribution in [1.82, 2.24) is 0 Å². The van der Waals surface area contributed by atoms with Crippen LogP contribution in [0.25, 0.3) is 0 Å². The largest absolute Gasteiger partial charge is 0.398 e. The zero-order chi connectivity index (χ0) is 24.1. The standard InChI is InChI=1S/C27H31ClFN3O.H2S/c1-5-18-8-14-21(15-9-18)32(17(4)19-10-12-20(29)13-11-19)27(33)31-26-22(6-2)24(28)16-25(30)23(26)7-3;/h8-17H,5-7,30H2,1-4H3,(H,31,33);1H2/t17-;/m0./s1. The van der Waals surface area contributed by atoms with Crippen LogP contribution in [0.3, 0.4) is 0 Å². The maximum Gasteiger partial charge on any atom is 0.326 e. The first-order chi connectivity index (χ1) is 15.8. The van der Waals surface area contributed by atoms with Gasteiger partial charge in [0.1, 0.15) is 5.82 Å². The number of hydrogen-bond acceptors (Lipinski definition) is 2. The minimum Gasteiger partial charge on any atom is -0.398 e. The highest BCUT2D eigenvalue weighted by Gasteiger charge is 2.26. The van der Waals surface area contributed by atoms with Crippen LogP contribution in [0.5, 0.6) is 0 Å². The van der Waals surface area contributed by atoms with Crippen LogP contribution in [-0.4, -0.2) is 6.03 Å². The zero-order valence-electron chi connectivity index (χ0n) is 20.1. The Kier molecular flexibility index (Phi) is 9.83. The molecule has 0 spiro atoms. The molecule has 0 heterocycles. The van der Waals surface area contributed by atoms with Gasteiger partial charge in [-0.1, -0.05) is 56.6 Å². The van der Waals surface area contributed by atoms with E-state index in [1.165, 1.54) is 17.7 Å². The normalized spacial score (nSPS) is 11.5. The van der Waals surface area contributed by atoms with Crippen LogP contribution in [0.4, 0.5) is 26.2 Å². The van der Waals surface area contributed by atoms with Gasteiger partial charge in [-0.3, -0.25) is 4.90 Å². The van der Waals surface area contributed by atoms with Gasteiger partial charge in [0.25, 0.3) is 0 Å². The molecular weight excluding hydrogens is 469 g/mol. The quantitative estimate of drug-likeness (QED) is 0.326. The third-order valence-corrected chi connectivity index (χ3v) is 6.38. The molecule has 0 bridgehead atoms. The summed E-state index contributed by atoms with van der Waals surface area (Å²) in [6, 6.07) is 15.2. The van der Waals surface area contributed by atoms with Crippen molar-refractivity contribution in [1.29, 1.82) is 0 Å². The van der Waals surface area contributed by atoms with E-state index >= 15 is 0 Å². The molecule has 3 rings (SSSR count). The van der Waals surface area contributed by atoms with E-state index in [0.717, 1.165) is 28.8 Å². The molecule has 0 aromatic heterocycles. The lowest BCUT2D eigenvalue weighted by atomic mass is 10.0. The number of nitrogen functional groups attached to an aromatic ring is 1. The second-order valence-electron chi connectivity index (χ2n) is 8.03. The van der Waals surface area contributed by atoms with E-state index < -0.39 is 0 Å². The Hall–Kier alpha value is -2.70. The molecule has 0 radical (unpaired) electrons. The van der Waals surface area contributed by atoms with Crippen LogP contribution in [0.2, 0.25) is 5.02 Å². The number of benzene rings is 3. The second-order valence-corrected chi connectivity index (χ2v) is 8.44. The van der Waals surface area contributed by atoms with Gasteiger partial charge in [-0.15, -0.1) is 0 Å².